The van der Waals surface area contributed by atoms with E-state index >= 15 is 0 Å². The molecule has 2 heterocycles. The highest BCUT2D eigenvalue weighted by Crippen LogP contribution is 2.25. The van der Waals surface area contributed by atoms with Crippen LogP contribution in [-0.4, -0.2) is 34.4 Å². The number of nitrogens with one attached hydrogen (secondary N) is 1. The Hall–Kier alpha value is -2.56. The van der Waals surface area contributed by atoms with Crippen LogP contribution in [0.3, 0.4) is 0 Å². The van der Waals surface area contributed by atoms with Gasteiger partial charge in [-0.1, -0.05) is 18.2 Å². The van der Waals surface area contributed by atoms with Crippen LogP contribution in [0.4, 0.5) is 0 Å². The van der Waals surface area contributed by atoms with Crippen LogP contribution in [0.5, 0.6) is 0 Å². The molecular weight excluding hydrogens is 290 g/mol. The highest BCUT2D eigenvalue weighted by Gasteiger charge is 2.27. The summed E-state index contributed by atoms with van der Waals surface area (Å²) in [6.45, 7) is 5.40. The minimum atomic E-state index is -0.204. The fourth-order valence-corrected chi connectivity index (χ4v) is 3.10. The maximum Gasteiger partial charge on any atom is 0.251 e. The number of fused-ring (bicyclic) bond motifs is 1. The molecule has 0 spiro atoms. The van der Waals surface area contributed by atoms with Crippen molar-refractivity contribution in [3.05, 3.63) is 59.4 Å². The lowest BCUT2D eigenvalue weighted by Gasteiger charge is -2.35. The molecule has 1 aromatic heterocycles. The molecule has 1 aliphatic heterocycles. The maximum absolute atomic E-state index is 12.5. The van der Waals surface area contributed by atoms with Crippen LogP contribution in [0.2, 0.25) is 0 Å². The lowest BCUT2D eigenvalue weighted by molar-refractivity contribution is -0.133. The van der Waals surface area contributed by atoms with E-state index in [1.54, 1.807) is 6.07 Å². The van der Waals surface area contributed by atoms with Crippen molar-refractivity contribution >= 4 is 11.8 Å². The number of carbonyl (C=O) groups is 2. The second-order valence-electron chi connectivity index (χ2n) is 5.89. The van der Waals surface area contributed by atoms with Crippen LogP contribution in [0.15, 0.2) is 42.6 Å². The molecule has 1 atom stereocenters. The van der Waals surface area contributed by atoms with Crippen LogP contribution in [0.1, 0.15) is 34.6 Å². The first kappa shape index (κ1) is 15.3. The summed E-state index contributed by atoms with van der Waals surface area (Å²) in [5, 5.41) is 2.74. The van der Waals surface area contributed by atoms with Crippen LogP contribution >= 0.6 is 0 Å². The Balaban J connectivity index is 1.62. The third-order valence-electron chi connectivity index (χ3n) is 4.45. The topological polar surface area (TPSA) is 54.3 Å². The van der Waals surface area contributed by atoms with Crippen molar-refractivity contribution in [3.8, 4) is 0 Å². The van der Waals surface area contributed by atoms with Crippen molar-refractivity contribution in [2.75, 3.05) is 13.1 Å². The second-order valence-corrected chi connectivity index (χ2v) is 5.89. The second kappa shape index (κ2) is 6.28. The van der Waals surface area contributed by atoms with Gasteiger partial charge >= 0.3 is 0 Å². The van der Waals surface area contributed by atoms with Crippen molar-refractivity contribution < 1.29 is 9.59 Å². The molecule has 23 heavy (non-hydrogen) atoms. The van der Waals surface area contributed by atoms with E-state index in [0.717, 1.165) is 17.8 Å². The Labute approximate surface area is 135 Å². The summed E-state index contributed by atoms with van der Waals surface area (Å²) in [7, 11) is 0. The van der Waals surface area contributed by atoms with Crippen molar-refractivity contribution in [2.24, 2.45) is 0 Å². The lowest BCUT2D eigenvalue weighted by Crippen LogP contribution is -2.45. The summed E-state index contributed by atoms with van der Waals surface area (Å²) in [5.74, 6) is -0.253. The Kier molecular flexibility index (Phi) is 4.19. The van der Waals surface area contributed by atoms with Gasteiger partial charge in [0.2, 0.25) is 5.91 Å². The van der Waals surface area contributed by atoms with Crippen LogP contribution in [-0.2, 0) is 11.3 Å². The Bertz CT molecular complexity index is 735. The van der Waals surface area contributed by atoms with Gasteiger partial charge in [0.05, 0.1) is 12.6 Å². The molecule has 0 fully saturated rings. The standard InChI is InChI=1S/C18H21N3O2/c1-13-6-3-4-7-15(13)18(23)19-12-17(22)21-11-10-20-9-5-8-16(20)14(21)2/h3-9,14H,10-12H2,1-2H3,(H,19,23). The van der Waals surface area contributed by atoms with Crippen molar-refractivity contribution in [3.63, 3.8) is 0 Å². The van der Waals surface area contributed by atoms with E-state index in [1.165, 1.54) is 0 Å². The molecule has 0 saturated carbocycles. The molecule has 3 rings (SSSR count). The van der Waals surface area contributed by atoms with Crippen LogP contribution in [0.25, 0.3) is 0 Å². The van der Waals surface area contributed by atoms with E-state index in [1.807, 2.05) is 55.3 Å². The third kappa shape index (κ3) is 2.99. The van der Waals surface area contributed by atoms with Crippen LogP contribution < -0.4 is 5.32 Å². The van der Waals surface area contributed by atoms with E-state index in [0.29, 0.717) is 12.1 Å². The maximum atomic E-state index is 12.5. The van der Waals surface area contributed by atoms with Gasteiger partial charge in [-0.3, -0.25) is 9.59 Å². The molecule has 1 unspecified atom stereocenters. The predicted molar refractivity (Wildman–Crippen MR) is 88.1 cm³/mol. The van der Waals surface area contributed by atoms with Gasteiger partial charge in [0, 0.05) is 30.5 Å². The minimum Gasteiger partial charge on any atom is -0.348 e. The first-order chi connectivity index (χ1) is 11.1. The third-order valence-corrected chi connectivity index (χ3v) is 4.45. The van der Waals surface area contributed by atoms with E-state index < -0.39 is 0 Å². The van der Waals surface area contributed by atoms with Gasteiger partial charge in [0.25, 0.3) is 5.91 Å². The van der Waals surface area contributed by atoms with Gasteiger partial charge in [-0.25, -0.2) is 0 Å². The minimum absolute atomic E-state index is 0.0260. The SMILES string of the molecule is Cc1ccccc1C(=O)NCC(=O)N1CCn2cccc2C1C. The Morgan fingerprint density at radius 3 is 2.74 bits per heavy atom. The molecule has 0 saturated heterocycles. The van der Waals surface area contributed by atoms with E-state index in [2.05, 4.69) is 9.88 Å². The molecular formula is C18H21N3O2. The predicted octanol–water partition coefficient (Wildman–Crippen LogP) is 2.13. The number of aryl methyl sites for hydroxylation is 1. The molecule has 2 amide bonds. The summed E-state index contributed by atoms with van der Waals surface area (Å²) >= 11 is 0. The highest BCUT2D eigenvalue weighted by molar-refractivity contribution is 5.97. The molecule has 1 aromatic carbocycles. The molecule has 0 bridgehead atoms. The summed E-state index contributed by atoms with van der Waals surface area (Å²) in [5.41, 5.74) is 2.65. The lowest BCUT2D eigenvalue weighted by atomic mass is 10.1. The number of carbonyl (C=O) groups excluding carboxylic acids is 2. The average molecular weight is 311 g/mol. The van der Waals surface area contributed by atoms with Gasteiger partial charge < -0.3 is 14.8 Å². The molecule has 1 aliphatic rings. The number of hydrogen-bond donors (Lipinski definition) is 1. The fraction of sp³-hybridized carbons (Fsp3) is 0.333. The smallest absolute Gasteiger partial charge is 0.251 e. The number of amides is 2. The average Bonchev–Trinajstić information content (AvgIpc) is 3.02. The molecule has 0 aliphatic carbocycles. The number of hydrogen-bond acceptors (Lipinski definition) is 2. The summed E-state index contributed by atoms with van der Waals surface area (Å²) < 4.78 is 2.17. The summed E-state index contributed by atoms with van der Waals surface area (Å²) in [6.07, 6.45) is 2.04. The Morgan fingerprint density at radius 1 is 1.17 bits per heavy atom. The first-order valence-corrected chi connectivity index (χ1v) is 7.86. The van der Waals surface area contributed by atoms with Gasteiger partial charge in [-0.2, -0.15) is 0 Å². The zero-order valence-corrected chi connectivity index (χ0v) is 13.5. The summed E-state index contributed by atoms with van der Waals surface area (Å²) in [6, 6.07) is 11.4. The molecule has 120 valence electrons. The molecule has 1 N–H and O–H groups in total. The first-order valence-electron chi connectivity index (χ1n) is 7.86. The van der Waals surface area contributed by atoms with Gasteiger partial charge in [-0.05, 0) is 37.6 Å². The number of aromatic nitrogens is 1. The van der Waals surface area contributed by atoms with Crippen molar-refractivity contribution in [1.29, 1.82) is 0 Å². The summed E-state index contributed by atoms with van der Waals surface area (Å²) in [4.78, 5) is 26.5. The van der Waals surface area contributed by atoms with Gasteiger partial charge in [0.1, 0.15) is 0 Å². The molecule has 2 aromatic rings. The van der Waals surface area contributed by atoms with Crippen LogP contribution in [0, 0.1) is 6.92 Å². The van der Waals surface area contributed by atoms with E-state index in [-0.39, 0.29) is 24.4 Å². The normalized spacial score (nSPS) is 16.8. The molecule has 5 nitrogen and oxygen atoms in total. The quantitative estimate of drug-likeness (QED) is 0.944. The zero-order valence-electron chi connectivity index (χ0n) is 13.5. The fourth-order valence-electron chi connectivity index (χ4n) is 3.10. The Morgan fingerprint density at radius 2 is 1.96 bits per heavy atom. The van der Waals surface area contributed by atoms with E-state index in [4.69, 9.17) is 0 Å². The van der Waals surface area contributed by atoms with E-state index in [9.17, 15) is 9.59 Å². The number of nitrogens with zero attached hydrogens (tertiary/aromatic N) is 2. The monoisotopic (exact) mass is 311 g/mol. The van der Waals surface area contributed by atoms with Crippen molar-refractivity contribution in [2.45, 2.75) is 26.4 Å². The number of benzene rings is 1. The largest absolute Gasteiger partial charge is 0.348 e. The van der Waals surface area contributed by atoms with Crippen molar-refractivity contribution in [1.82, 2.24) is 14.8 Å². The van der Waals surface area contributed by atoms with Gasteiger partial charge in [0.15, 0.2) is 0 Å². The molecule has 0 radical (unpaired) electrons. The number of rotatable bonds is 3. The molecule has 5 heteroatoms. The highest BCUT2D eigenvalue weighted by atomic mass is 16.2. The zero-order chi connectivity index (χ0) is 16.4. The van der Waals surface area contributed by atoms with Gasteiger partial charge in [-0.15, -0.1) is 0 Å².